The van der Waals surface area contributed by atoms with Crippen molar-refractivity contribution in [3.63, 3.8) is 0 Å². The molecule has 27 heavy (non-hydrogen) atoms. The summed E-state index contributed by atoms with van der Waals surface area (Å²) in [6, 6.07) is 4.90. The third-order valence-corrected chi connectivity index (χ3v) is 4.51. The van der Waals surface area contributed by atoms with Gasteiger partial charge in [-0.2, -0.15) is 0 Å². The molecule has 0 aliphatic carbocycles. The van der Waals surface area contributed by atoms with Crippen LogP contribution in [0, 0.1) is 5.82 Å². The van der Waals surface area contributed by atoms with Crippen LogP contribution in [-0.4, -0.2) is 33.8 Å². The predicted octanol–water partition coefficient (Wildman–Crippen LogP) is 3.97. The molecule has 0 bridgehead atoms. The van der Waals surface area contributed by atoms with Crippen LogP contribution in [-0.2, 0) is 11.8 Å². The molecule has 0 saturated heterocycles. The Morgan fingerprint density at radius 2 is 2.11 bits per heavy atom. The molecule has 1 aromatic carbocycles. The average Bonchev–Trinajstić information content (AvgIpc) is 3.22. The van der Waals surface area contributed by atoms with E-state index in [0.717, 1.165) is 17.4 Å². The monoisotopic (exact) mass is 373 g/mol. The molecule has 0 amide bonds. The number of nitrogens with one attached hydrogen (secondary N) is 1. The summed E-state index contributed by atoms with van der Waals surface area (Å²) >= 11 is 0. The Kier molecular flexibility index (Phi) is 5.78. The van der Waals surface area contributed by atoms with Crippen LogP contribution in [0.3, 0.4) is 0 Å². The van der Waals surface area contributed by atoms with Crippen LogP contribution in [0.25, 0.3) is 10.9 Å². The van der Waals surface area contributed by atoms with Crippen LogP contribution in [0.2, 0.25) is 0 Å². The Morgan fingerprint density at radius 1 is 1.33 bits per heavy atom. The highest BCUT2D eigenvalue weighted by Crippen LogP contribution is 2.32. The molecule has 2 heterocycles. The number of H-pyrrole nitrogens is 1. The average molecular weight is 373 g/mol. The van der Waals surface area contributed by atoms with Crippen molar-refractivity contribution in [1.82, 2.24) is 14.8 Å². The number of benzene rings is 1. The minimum Gasteiger partial charge on any atom is -0.487 e. The van der Waals surface area contributed by atoms with Crippen LogP contribution >= 0.6 is 0 Å². The Balaban J connectivity index is 1.66. The first kappa shape index (κ1) is 18.9. The largest absolute Gasteiger partial charge is 0.487 e. The fourth-order valence-electron chi connectivity index (χ4n) is 3.01. The molecule has 0 unspecified atom stereocenters. The summed E-state index contributed by atoms with van der Waals surface area (Å²) in [6.45, 7) is 4.13. The number of halogens is 1. The van der Waals surface area contributed by atoms with Crippen molar-refractivity contribution >= 4 is 16.7 Å². The van der Waals surface area contributed by atoms with Gasteiger partial charge in [-0.15, -0.1) is 5.10 Å². The van der Waals surface area contributed by atoms with E-state index in [0.29, 0.717) is 17.8 Å². The minimum absolute atomic E-state index is 0.171. The third kappa shape index (κ3) is 4.67. The molecule has 144 valence electrons. The number of ketones is 1. The second-order valence-corrected chi connectivity index (χ2v) is 6.74. The van der Waals surface area contributed by atoms with Crippen LogP contribution in [0.5, 0.6) is 11.6 Å². The number of fused-ring (bicyclic) bond motifs is 1. The number of hydrogen-bond acceptors (Lipinski definition) is 4. The van der Waals surface area contributed by atoms with Crippen molar-refractivity contribution in [2.45, 2.75) is 32.6 Å². The van der Waals surface area contributed by atoms with E-state index < -0.39 is 5.82 Å². The van der Waals surface area contributed by atoms with E-state index in [1.807, 2.05) is 6.20 Å². The number of carbonyl (C=O) groups excluding carboxylic acids is 1. The van der Waals surface area contributed by atoms with Crippen LogP contribution in [0.4, 0.5) is 4.39 Å². The molecule has 0 fully saturated rings. The van der Waals surface area contributed by atoms with E-state index in [9.17, 15) is 9.18 Å². The van der Waals surface area contributed by atoms with Crippen molar-refractivity contribution in [2.75, 3.05) is 13.2 Å². The van der Waals surface area contributed by atoms with E-state index in [-0.39, 0.29) is 30.7 Å². The lowest BCUT2D eigenvalue weighted by Gasteiger charge is -2.11. The number of aromatic amines is 1. The highest BCUT2D eigenvalue weighted by atomic mass is 19.1. The van der Waals surface area contributed by atoms with Crippen molar-refractivity contribution in [2.24, 2.45) is 7.05 Å². The van der Waals surface area contributed by atoms with Crippen molar-refractivity contribution in [3.05, 3.63) is 42.0 Å². The Morgan fingerprint density at radius 3 is 2.81 bits per heavy atom. The summed E-state index contributed by atoms with van der Waals surface area (Å²) in [5.74, 6) is 0.624. The van der Waals surface area contributed by atoms with Gasteiger partial charge in [-0.3, -0.25) is 4.68 Å². The SMILES string of the molecule is CC(=O)CC[C@H](C)c1c[nH]c2cc(F)c(OCCOc3ccn(C)n3)cc12. The second kappa shape index (κ2) is 8.24. The smallest absolute Gasteiger partial charge is 0.232 e. The van der Waals surface area contributed by atoms with Crippen LogP contribution in [0.15, 0.2) is 30.6 Å². The van der Waals surface area contributed by atoms with Gasteiger partial charge in [-0.25, -0.2) is 4.39 Å². The van der Waals surface area contributed by atoms with E-state index in [4.69, 9.17) is 9.47 Å². The van der Waals surface area contributed by atoms with Gasteiger partial charge in [0.1, 0.15) is 19.0 Å². The predicted molar refractivity (Wildman–Crippen MR) is 101 cm³/mol. The van der Waals surface area contributed by atoms with Crippen LogP contribution < -0.4 is 9.47 Å². The maximum absolute atomic E-state index is 14.3. The van der Waals surface area contributed by atoms with Crippen molar-refractivity contribution < 1.29 is 18.7 Å². The third-order valence-electron chi connectivity index (χ3n) is 4.51. The molecular formula is C20H24FN3O3. The van der Waals surface area contributed by atoms with Gasteiger partial charge >= 0.3 is 0 Å². The summed E-state index contributed by atoms with van der Waals surface area (Å²) < 4.78 is 27.0. The van der Waals surface area contributed by atoms with E-state index in [2.05, 4.69) is 17.0 Å². The second-order valence-electron chi connectivity index (χ2n) is 6.74. The molecule has 1 N–H and O–H groups in total. The number of ether oxygens (including phenoxy) is 2. The van der Waals surface area contributed by atoms with E-state index in [1.165, 1.54) is 6.07 Å². The molecule has 1 atom stereocenters. The van der Waals surface area contributed by atoms with Gasteiger partial charge in [-0.1, -0.05) is 6.92 Å². The first-order chi connectivity index (χ1) is 12.9. The molecule has 2 aromatic heterocycles. The molecule has 3 rings (SSSR count). The zero-order valence-corrected chi connectivity index (χ0v) is 15.8. The lowest BCUT2D eigenvalue weighted by atomic mass is 9.95. The lowest BCUT2D eigenvalue weighted by Crippen LogP contribution is -2.10. The first-order valence-electron chi connectivity index (χ1n) is 8.99. The molecule has 0 saturated carbocycles. The molecule has 6 nitrogen and oxygen atoms in total. The zero-order chi connectivity index (χ0) is 19.4. The van der Waals surface area contributed by atoms with Gasteiger partial charge in [0.25, 0.3) is 0 Å². The number of rotatable bonds is 9. The Labute approximate surface area is 157 Å². The van der Waals surface area contributed by atoms with Gasteiger partial charge < -0.3 is 19.3 Å². The highest BCUT2D eigenvalue weighted by Gasteiger charge is 2.15. The number of Topliss-reactive ketones (excluding diaryl/α,β-unsaturated/α-hetero) is 1. The fraction of sp³-hybridized carbons (Fsp3) is 0.400. The number of aryl methyl sites for hydroxylation is 1. The molecule has 0 spiro atoms. The quantitative estimate of drug-likeness (QED) is 0.576. The molecular weight excluding hydrogens is 349 g/mol. The van der Waals surface area contributed by atoms with Gasteiger partial charge in [-0.05, 0) is 30.9 Å². The maximum atomic E-state index is 14.3. The molecule has 0 radical (unpaired) electrons. The first-order valence-corrected chi connectivity index (χ1v) is 8.99. The summed E-state index contributed by atoms with van der Waals surface area (Å²) in [5.41, 5.74) is 1.77. The van der Waals surface area contributed by atoms with Crippen molar-refractivity contribution in [3.8, 4) is 11.6 Å². The number of hydrogen-bond donors (Lipinski definition) is 1. The zero-order valence-electron chi connectivity index (χ0n) is 15.8. The van der Waals surface area contributed by atoms with E-state index >= 15 is 0 Å². The number of carbonyl (C=O) groups is 1. The number of aromatic nitrogens is 3. The summed E-state index contributed by atoms with van der Waals surface area (Å²) in [7, 11) is 1.81. The Bertz CT molecular complexity index is 932. The highest BCUT2D eigenvalue weighted by molar-refractivity contribution is 5.85. The van der Waals surface area contributed by atoms with Gasteiger partial charge in [0.15, 0.2) is 11.6 Å². The topological polar surface area (TPSA) is 69.1 Å². The number of nitrogens with zero attached hydrogens (tertiary/aromatic N) is 2. The lowest BCUT2D eigenvalue weighted by molar-refractivity contribution is -0.117. The standard InChI is InChI=1S/C20H24FN3O3/c1-13(4-5-14(2)25)16-12-22-18-11-17(21)19(10-15(16)18)26-8-9-27-20-6-7-24(3)23-20/h6-7,10-13,22H,4-5,8-9H2,1-3H3/t13-/m0/s1. The summed E-state index contributed by atoms with van der Waals surface area (Å²) in [4.78, 5) is 14.3. The molecule has 0 aliphatic heterocycles. The van der Waals surface area contributed by atoms with Crippen molar-refractivity contribution in [1.29, 1.82) is 0 Å². The summed E-state index contributed by atoms with van der Waals surface area (Å²) in [6.07, 6.45) is 4.95. The normalized spacial score (nSPS) is 12.3. The summed E-state index contributed by atoms with van der Waals surface area (Å²) in [5, 5.41) is 5.01. The molecule has 3 aromatic rings. The van der Waals surface area contributed by atoms with Gasteiger partial charge in [0.2, 0.25) is 5.88 Å². The fourth-order valence-corrected chi connectivity index (χ4v) is 3.01. The molecule has 7 heteroatoms. The van der Waals surface area contributed by atoms with Gasteiger partial charge in [0.05, 0.1) is 0 Å². The van der Waals surface area contributed by atoms with Gasteiger partial charge in [0, 0.05) is 48.9 Å². The van der Waals surface area contributed by atoms with Crippen LogP contribution in [0.1, 0.15) is 38.2 Å². The van der Waals surface area contributed by atoms with E-state index in [1.54, 1.807) is 37.0 Å². The molecule has 0 aliphatic rings. The Hall–Kier alpha value is -2.83. The maximum Gasteiger partial charge on any atom is 0.232 e. The minimum atomic E-state index is -0.426.